The van der Waals surface area contributed by atoms with Crippen molar-refractivity contribution in [2.24, 2.45) is 0 Å². The second-order valence-electron chi connectivity index (χ2n) is 5.08. The molecule has 0 unspecified atom stereocenters. The molecular formula is C17H15FN2OS2. The molecule has 2 heterocycles. The summed E-state index contributed by atoms with van der Waals surface area (Å²) in [5, 5.41) is 7.79. The molecule has 3 rings (SSSR count). The first-order valence-corrected chi connectivity index (χ1v) is 8.92. The van der Waals surface area contributed by atoms with E-state index in [9.17, 15) is 9.18 Å². The lowest BCUT2D eigenvalue weighted by atomic mass is 10.1. The van der Waals surface area contributed by atoms with Gasteiger partial charge in [0, 0.05) is 17.5 Å². The summed E-state index contributed by atoms with van der Waals surface area (Å²) in [6, 6.07) is 8.32. The maximum atomic E-state index is 12.8. The van der Waals surface area contributed by atoms with E-state index in [2.05, 4.69) is 10.3 Å². The topological polar surface area (TPSA) is 42.0 Å². The number of aromatic nitrogens is 1. The molecule has 0 atom stereocenters. The number of nitrogens with zero attached hydrogens (tertiary/aromatic N) is 1. The number of hydrogen-bond acceptors (Lipinski definition) is 4. The third-order valence-electron chi connectivity index (χ3n) is 3.38. The van der Waals surface area contributed by atoms with Crippen molar-refractivity contribution in [1.82, 2.24) is 10.3 Å². The van der Waals surface area contributed by atoms with Crippen LogP contribution in [0.2, 0.25) is 0 Å². The summed E-state index contributed by atoms with van der Waals surface area (Å²) in [6.45, 7) is 2.36. The van der Waals surface area contributed by atoms with Crippen LogP contribution >= 0.6 is 22.7 Å². The Kier molecular flexibility index (Phi) is 4.83. The van der Waals surface area contributed by atoms with Crippen LogP contribution in [0.3, 0.4) is 0 Å². The second kappa shape index (κ2) is 7.02. The van der Waals surface area contributed by atoms with Gasteiger partial charge in [0.25, 0.3) is 5.91 Å². The SMILES string of the molecule is Cc1nc(-c2ccsc2)sc1C(=O)NCCc1ccc(F)cc1. The normalized spacial score (nSPS) is 10.7. The van der Waals surface area contributed by atoms with Gasteiger partial charge in [0.2, 0.25) is 0 Å². The molecule has 6 heteroatoms. The molecule has 0 aliphatic carbocycles. The zero-order valence-corrected chi connectivity index (χ0v) is 14.1. The summed E-state index contributed by atoms with van der Waals surface area (Å²) in [6.07, 6.45) is 0.668. The third kappa shape index (κ3) is 3.83. The molecule has 0 saturated carbocycles. The number of amides is 1. The van der Waals surface area contributed by atoms with Crippen LogP contribution in [0.4, 0.5) is 4.39 Å². The Morgan fingerprint density at radius 2 is 2.04 bits per heavy atom. The van der Waals surface area contributed by atoms with Crippen molar-refractivity contribution < 1.29 is 9.18 Å². The Bertz CT molecular complexity index is 795. The van der Waals surface area contributed by atoms with Crippen molar-refractivity contribution in [2.75, 3.05) is 6.54 Å². The van der Waals surface area contributed by atoms with E-state index in [-0.39, 0.29) is 11.7 Å². The fourth-order valence-electron chi connectivity index (χ4n) is 2.17. The summed E-state index contributed by atoms with van der Waals surface area (Å²) in [5.74, 6) is -0.359. The lowest BCUT2D eigenvalue weighted by Gasteiger charge is -2.04. The molecule has 0 radical (unpaired) electrons. The van der Waals surface area contributed by atoms with Crippen molar-refractivity contribution in [1.29, 1.82) is 0 Å². The first kappa shape index (κ1) is 15.8. The molecule has 0 spiro atoms. The lowest BCUT2D eigenvalue weighted by molar-refractivity contribution is 0.0957. The van der Waals surface area contributed by atoms with Gasteiger partial charge in [-0.15, -0.1) is 11.3 Å². The molecular weight excluding hydrogens is 331 g/mol. The first-order valence-electron chi connectivity index (χ1n) is 7.16. The van der Waals surface area contributed by atoms with Crippen LogP contribution in [0, 0.1) is 12.7 Å². The van der Waals surface area contributed by atoms with Crippen LogP contribution in [0.25, 0.3) is 10.6 Å². The fraction of sp³-hybridized carbons (Fsp3) is 0.176. The number of hydrogen-bond donors (Lipinski definition) is 1. The largest absolute Gasteiger partial charge is 0.351 e. The Labute approximate surface area is 141 Å². The minimum atomic E-state index is -0.251. The summed E-state index contributed by atoms with van der Waals surface area (Å²) in [7, 11) is 0. The highest BCUT2D eigenvalue weighted by Crippen LogP contribution is 2.29. The number of carbonyl (C=O) groups excluding carboxylic acids is 1. The van der Waals surface area contributed by atoms with Gasteiger partial charge < -0.3 is 5.32 Å². The van der Waals surface area contributed by atoms with E-state index in [1.165, 1.54) is 23.5 Å². The van der Waals surface area contributed by atoms with Gasteiger partial charge in [0.05, 0.1) is 5.69 Å². The molecule has 118 valence electrons. The molecule has 2 aromatic heterocycles. The van der Waals surface area contributed by atoms with E-state index in [1.54, 1.807) is 23.5 Å². The van der Waals surface area contributed by atoms with Crippen LogP contribution in [0.15, 0.2) is 41.1 Å². The second-order valence-corrected chi connectivity index (χ2v) is 6.86. The number of thiophene rings is 1. The number of aryl methyl sites for hydroxylation is 1. The molecule has 1 amide bonds. The molecule has 0 fully saturated rings. The quantitative estimate of drug-likeness (QED) is 0.749. The standard InChI is InChI=1S/C17H15FN2OS2/c1-11-15(23-17(20-11)13-7-9-22-10-13)16(21)19-8-6-12-2-4-14(18)5-3-12/h2-5,7,9-10H,6,8H2,1H3,(H,19,21). The molecule has 0 aliphatic rings. The third-order valence-corrected chi connectivity index (χ3v) is 5.27. The summed E-state index contributed by atoms with van der Waals surface area (Å²) in [4.78, 5) is 17.4. The Morgan fingerprint density at radius 1 is 1.26 bits per heavy atom. The average molecular weight is 346 g/mol. The van der Waals surface area contributed by atoms with Crippen molar-refractivity contribution in [3.05, 3.63) is 63.0 Å². The molecule has 1 aromatic carbocycles. The van der Waals surface area contributed by atoms with E-state index in [1.807, 2.05) is 23.8 Å². The van der Waals surface area contributed by atoms with Crippen molar-refractivity contribution in [3.8, 4) is 10.6 Å². The van der Waals surface area contributed by atoms with Gasteiger partial charge in [0.1, 0.15) is 15.7 Å². The van der Waals surface area contributed by atoms with E-state index < -0.39 is 0 Å². The van der Waals surface area contributed by atoms with Crippen LogP contribution in [0.5, 0.6) is 0 Å². The maximum Gasteiger partial charge on any atom is 0.263 e. The maximum absolute atomic E-state index is 12.8. The van der Waals surface area contributed by atoms with Crippen molar-refractivity contribution >= 4 is 28.6 Å². The molecule has 0 saturated heterocycles. The number of nitrogens with one attached hydrogen (secondary N) is 1. The highest BCUT2D eigenvalue weighted by Gasteiger charge is 2.16. The predicted octanol–water partition coefficient (Wildman–Crippen LogP) is 4.29. The smallest absolute Gasteiger partial charge is 0.263 e. The molecule has 0 aliphatic heterocycles. The van der Waals surface area contributed by atoms with Gasteiger partial charge >= 0.3 is 0 Å². The van der Waals surface area contributed by atoms with Gasteiger partial charge in [-0.25, -0.2) is 9.37 Å². The molecule has 3 aromatic rings. The van der Waals surface area contributed by atoms with Gasteiger partial charge in [-0.1, -0.05) is 12.1 Å². The van der Waals surface area contributed by atoms with Gasteiger partial charge in [0.15, 0.2) is 0 Å². The lowest BCUT2D eigenvalue weighted by Crippen LogP contribution is -2.25. The highest BCUT2D eigenvalue weighted by molar-refractivity contribution is 7.17. The molecule has 23 heavy (non-hydrogen) atoms. The Hall–Kier alpha value is -2.05. The average Bonchev–Trinajstić information content (AvgIpc) is 3.18. The minimum absolute atomic E-state index is 0.108. The highest BCUT2D eigenvalue weighted by atomic mass is 32.1. The summed E-state index contributed by atoms with van der Waals surface area (Å²) in [5.41, 5.74) is 2.79. The van der Waals surface area contributed by atoms with E-state index >= 15 is 0 Å². The van der Waals surface area contributed by atoms with Crippen molar-refractivity contribution in [3.63, 3.8) is 0 Å². The Balaban J connectivity index is 1.61. The Morgan fingerprint density at radius 3 is 2.74 bits per heavy atom. The molecule has 3 nitrogen and oxygen atoms in total. The van der Waals surface area contributed by atoms with E-state index in [0.717, 1.165) is 21.8 Å². The fourth-order valence-corrected chi connectivity index (χ4v) is 3.86. The van der Waals surface area contributed by atoms with Crippen molar-refractivity contribution in [2.45, 2.75) is 13.3 Å². The molecule has 0 bridgehead atoms. The number of thiazole rings is 1. The number of benzene rings is 1. The van der Waals surface area contributed by atoms with Crippen LogP contribution in [-0.2, 0) is 6.42 Å². The van der Waals surface area contributed by atoms with Gasteiger partial charge in [-0.05, 0) is 42.5 Å². The van der Waals surface area contributed by atoms with Crippen LogP contribution in [-0.4, -0.2) is 17.4 Å². The van der Waals surface area contributed by atoms with Gasteiger partial charge in [-0.2, -0.15) is 11.3 Å². The zero-order valence-electron chi connectivity index (χ0n) is 12.5. The van der Waals surface area contributed by atoms with Crippen LogP contribution in [0.1, 0.15) is 20.9 Å². The number of rotatable bonds is 5. The summed E-state index contributed by atoms with van der Waals surface area (Å²) < 4.78 is 12.8. The van der Waals surface area contributed by atoms with Gasteiger partial charge in [-0.3, -0.25) is 4.79 Å². The first-order chi connectivity index (χ1) is 11.1. The van der Waals surface area contributed by atoms with E-state index in [0.29, 0.717) is 17.8 Å². The predicted molar refractivity (Wildman–Crippen MR) is 92.6 cm³/mol. The van der Waals surface area contributed by atoms with E-state index in [4.69, 9.17) is 0 Å². The number of carbonyl (C=O) groups is 1. The van der Waals surface area contributed by atoms with Crippen LogP contribution < -0.4 is 5.32 Å². The summed E-state index contributed by atoms with van der Waals surface area (Å²) >= 11 is 3.02. The zero-order chi connectivity index (χ0) is 16.2. The monoisotopic (exact) mass is 346 g/mol. The number of halogens is 1. The minimum Gasteiger partial charge on any atom is -0.351 e. The molecule has 1 N–H and O–H groups in total.